The molecule has 0 unspecified atom stereocenters. The Balaban J connectivity index is 1.79. The maximum Gasteiger partial charge on any atom is 0.221 e. The molecule has 1 aromatic heterocycles. The summed E-state index contributed by atoms with van der Waals surface area (Å²) in [7, 11) is 0. The van der Waals surface area contributed by atoms with Gasteiger partial charge < -0.3 is 16.4 Å². The van der Waals surface area contributed by atoms with Gasteiger partial charge in [0.15, 0.2) is 5.69 Å². The average Bonchev–Trinajstić information content (AvgIpc) is 3.15. The van der Waals surface area contributed by atoms with Crippen molar-refractivity contribution in [2.24, 2.45) is 0 Å². The Morgan fingerprint density at radius 3 is 3.00 bits per heavy atom. The monoisotopic (exact) mass is 245 g/mol. The van der Waals surface area contributed by atoms with Crippen LogP contribution in [-0.2, 0) is 4.79 Å². The third-order valence-corrected chi connectivity index (χ3v) is 2.63. The minimum Gasteiger partial charge on any atom is -0.396 e. The van der Waals surface area contributed by atoms with Gasteiger partial charge in [-0.25, -0.2) is 4.98 Å². The maximum atomic E-state index is 11.4. The van der Waals surface area contributed by atoms with Crippen LogP contribution in [0.25, 0.3) is 0 Å². The van der Waals surface area contributed by atoms with Gasteiger partial charge in [-0.1, -0.05) is 0 Å². The number of aromatic nitrogens is 1. The van der Waals surface area contributed by atoms with Gasteiger partial charge >= 0.3 is 0 Å². The van der Waals surface area contributed by atoms with Crippen LogP contribution >= 0.6 is 0 Å². The number of amides is 1. The molecule has 6 nitrogen and oxygen atoms in total. The van der Waals surface area contributed by atoms with Gasteiger partial charge in [0.1, 0.15) is 11.9 Å². The quantitative estimate of drug-likeness (QED) is 0.705. The Kier molecular flexibility index (Phi) is 3.63. The highest BCUT2D eigenvalue weighted by molar-refractivity contribution is 5.77. The van der Waals surface area contributed by atoms with Gasteiger partial charge in [0, 0.05) is 19.0 Å². The third-order valence-electron chi connectivity index (χ3n) is 2.63. The van der Waals surface area contributed by atoms with E-state index in [1.165, 1.54) is 0 Å². The van der Waals surface area contributed by atoms with Gasteiger partial charge in [0.2, 0.25) is 5.91 Å². The zero-order valence-corrected chi connectivity index (χ0v) is 9.94. The minimum absolute atomic E-state index is 0.0425. The predicted octanol–water partition coefficient (Wildman–Crippen LogP) is 0.616. The summed E-state index contributed by atoms with van der Waals surface area (Å²) in [6.45, 7) is 0.486. The molecule has 4 N–H and O–H groups in total. The molecule has 0 bridgehead atoms. The highest BCUT2D eigenvalue weighted by atomic mass is 16.1. The first-order chi connectivity index (χ1) is 8.69. The van der Waals surface area contributed by atoms with Gasteiger partial charge in [0.25, 0.3) is 0 Å². The van der Waals surface area contributed by atoms with E-state index in [2.05, 4.69) is 15.6 Å². The smallest absolute Gasteiger partial charge is 0.221 e. The fourth-order valence-corrected chi connectivity index (χ4v) is 1.49. The number of hydrogen-bond acceptors (Lipinski definition) is 5. The number of carbonyl (C=O) groups is 1. The molecular weight excluding hydrogens is 230 g/mol. The molecule has 0 aliphatic heterocycles. The van der Waals surface area contributed by atoms with Crippen molar-refractivity contribution < 1.29 is 4.79 Å². The van der Waals surface area contributed by atoms with Crippen LogP contribution < -0.4 is 16.4 Å². The topological polar surface area (TPSA) is 104 Å². The lowest BCUT2D eigenvalue weighted by atomic mass is 10.3. The van der Waals surface area contributed by atoms with Crippen molar-refractivity contribution in [2.75, 3.05) is 17.6 Å². The van der Waals surface area contributed by atoms with Gasteiger partial charge in [-0.2, -0.15) is 5.26 Å². The van der Waals surface area contributed by atoms with Crippen LogP contribution in [0.5, 0.6) is 0 Å². The molecule has 0 spiro atoms. The molecule has 94 valence electrons. The molecule has 1 amide bonds. The number of anilines is 2. The van der Waals surface area contributed by atoms with Crippen molar-refractivity contribution in [3.63, 3.8) is 0 Å². The number of rotatable bonds is 5. The Morgan fingerprint density at radius 2 is 2.33 bits per heavy atom. The maximum absolute atomic E-state index is 11.4. The first kappa shape index (κ1) is 12.2. The molecule has 1 fully saturated rings. The summed E-state index contributed by atoms with van der Waals surface area (Å²) in [5.41, 5.74) is 6.11. The summed E-state index contributed by atoms with van der Waals surface area (Å²) in [5, 5.41) is 14.7. The van der Waals surface area contributed by atoms with E-state index in [0.717, 1.165) is 12.8 Å². The summed E-state index contributed by atoms with van der Waals surface area (Å²) >= 11 is 0. The molecule has 0 radical (unpaired) electrons. The summed E-state index contributed by atoms with van der Waals surface area (Å²) in [4.78, 5) is 15.4. The van der Waals surface area contributed by atoms with Crippen molar-refractivity contribution in [3.8, 4) is 6.07 Å². The van der Waals surface area contributed by atoms with Crippen LogP contribution in [0.3, 0.4) is 0 Å². The Labute approximate surface area is 105 Å². The highest BCUT2D eigenvalue weighted by Crippen LogP contribution is 2.18. The molecule has 1 saturated carbocycles. The second kappa shape index (κ2) is 5.36. The standard InChI is InChI=1S/C12H15N5O/c13-7-10-9(14)3-4-11(17-10)15-6-5-12(18)16-8-1-2-8/h3-4,8H,1-2,5-6,14H2,(H,15,17)(H,16,18). The van der Waals surface area contributed by atoms with E-state index in [4.69, 9.17) is 11.0 Å². The van der Waals surface area contributed by atoms with E-state index in [0.29, 0.717) is 30.5 Å². The number of carbonyl (C=O) groups excluding carboxylic acids is 1. The van der Waals surface area contributed by atoms with Crippen LogP contribution in [0.4, 0.5) is 11.5 Å². The van der Waals surface area contributed by atoms with E-state index in [1.54, 1.807) is 12.1 Å². The fraction of sp³-hybridized carbons (Fsp3) is 0.417. The molecular formula is C12H15N5O. The largest absolute Gasteiger partial charge is 0.396 e. The molecule has 6 heteroatoms. The van der Waals surface area contributed by atoms with Crippen LogP contribution in [0, 0.1) is 11.3 Å². The Hall–Kier alpha value is -2.29. The molecule has 1 aliphatic carbocycles. The van der Waals surface area contributed by atoms with Crippen LogP contribution in [-0.4, -0.2) is 23.5 Å². The van der Waals surface area contributed by atoms with Crippen molar-refractivity contribution in [1.82, 2.24) is 10.3 Å². The number of nitrogens with zero attached hydrogens (tertiary/aromatic N) is 2. The summed E-state index contributed by atoms with van der Waals surface area (Å²) < 4.78 is 0. The van der Waals surface area contributed by atoms with E-state index in [9.17, 15) is 4.79 Å². The second-order valence-corrected chi connectivity index (χ2v) is 4.26. The van der Waals surface area contributed by atoms with Gasteiger partial charge in [0.05, 0.1) is 5.69 Å². The number of nitrogens with one attached hydrogen (secondary N) is 2. The molecule has 18 heavy (non-hydrogen) atoms. The zero-order chi connectivity index (χ0) is 13.0. The first-order valence-electron chi connectivity index (χ1n) is 5.89. The number of pyridine rings is 1. The molecule has 1 aromatic rings. The molecule has 0 aromatic carbocycles. The summed E-state index contributed by atoms with van der Waals surface area (Å²) in [5.74, 6) is 0.598. The lowest BCUT2D eigenvalue weighted by molar-refractivity contribution is -0.120. The lowest BCUT2D eigenvalue weighted by Crippen LogP contribution is -2.27. The van der Waals surface area contributed by atoms with Crippen molar-refractivity contribution >= 4 is 17.4 Å². The van der Waals surface area contributed by atoms with Crippen molar-refractivity contribution in [1.29, 1.82) is 5.26 Å². The number of nitriles is 1. The van der Waals surface area contributed by atoms with E-state index >= 15 is 0 Å². The number of hydrogen-bond donors (Lipinski definition) is 3. The van der Waals surface area contributed by atoms with Crippen LogP contribution in [0.2, 0.25) is 0 Å². The fourth-order valence-electron chi connectivity index (χ4n) is 1.49. The van der Waals surface area contributed by atoms with Crippen LogP contribution in [0.15, 0.2) is 12.1 Å². The lowest BCUT2D eigenvalue weighted by Gasteiger charge is -2.07. The molecule has 0 saturated heterocycles. The van der Waals surface area contributed by atoms with Crippen molar-refractivity contribution in [2.45, 2.75) is 25.3 Å². The zero-order valence-electron chi connectivity index (χ0n) is 9.94. The summed E-state index contributed by atoms with van der Waals surface area (Å²) in [6.07, 6.45) is 2.57. The van der Waals surface area contributed by atoms with E-state index in [-0.39, 0.29) is 11.6 Å². The van der Waals surface area contributed by atoms with Gasteiger partial charge in [-0.3, -0.25) is 4.79 Å². The molecule has 0 atom stereocenters. The Morgan fingerprint density at radius 1 is 1.56 bits per heavy atom. The van der Waals surface area contributed by atoms with E-state index < -0.39 is 0 Å². The third kappa shape index (κ3) is 3.35. The first-order valence-corrected chi connectivity index (χ1v) is 5.89. The normalized spacial score (nSPS) is 13.7. The van der Waals surface area contributed by atoms with Crippen LogP contribution in [0.1, 0.15) is 25.0 Å². The number of nitrogen functional groups attached to an aromatic ring is 1. The second-order valence-electron chi connectivity index (χ2n) is 4.26. The molecule has 1 aliphatic rings. The molecule has 1 heterocycles. The SMILES string of the molecule is N#Cc1nc(NCCC(=O)NC2CC2)ccc1N. The number of nitrogens with two attached hydrogens (primary N) is 1. The predicted molar refractivity (Wildman–Crippen MR) is 67.6 cm³/mol. The molecule has 2 rings (SSSR count). The van der Waals surface area contributed by atoms with Gasteiger partial charge in [-0.05, 0) is 25.0 Å². The Bertz CT molecular complexity index is 490. The minimum atomic E-state index is 0.0425. The summed E-state index contributed by atoms with van der Waals surface area (Å²) in [6, 6.07) is 5.61. The highest BCUT2D eigenvalue weighted by Gasteiger charge is 2.22. The average molecular weight is 245 g/mol. The van der Waals surface area contributed by atoms with Gasteiger partial charge in [-0.15, -0.1) is 0 Å². The van der Waals surface area contributed by atoms with Crippen molar-refractivity contribution in [3.05, 3.63) is 17.8 Å². The van der Waals surface area contributed by atoms with E-state index in [1.807, 2.05) is 6.07 Å².